The standard InChI is InChI=1S/C3H5BF3/c5-4(6,7)3-1-2-3/h3H,1-2H2/q-1/p+1. The summed E-state index contributed by atoms with van der Waals surface area (Å²) in [4.78, 5) is 0. The highest BCUT2D eigenvalue weighted by atomic mass is 19.4. The highest BCUT2D eigenvalue weighted by Gasteiger charge is 2.41. The van der Waals surface area contributed by atoms with E-state index in [1.807, 2.05) is 0 Å². The first-order chi connectivity index (χ1) is 3.11. The van der Waals surface area contributed by atoms with Crippen molar-refractivity contribution in [2.45, 2.75) is 18.7 Å². The van der Waals surface area contributed by atoms with Crippen molar-refractivity contribution >= 4 is 6.98 Å². The first-order valence-electron chi connectivity index (χ1n) is 2.30. The van der Waals surface area contributed by atoms with Crippen molar-refractivity contribution in [2.75, 3.05) is 0 Å². The van der Waals surface area contributed by atoms with E-state index < -0.39 is 12.8 Å². The van der Waals surface area contributed by atoms with Crippen LogP contribution >= 0.6 is 0 Å². The molecule has 4 heteroatoms. The number of halogens is 3. The minimum atomic E-state index is -4.44. The summed E-state index contributed by atoms with van der Waals surface area (Å²) in [6, 6.07) is 0. The third-order valence-corrected chi connectivity index (χ3v) is 1.16. The molecule has 0 atom stereocenters. The monoisotopic (exact) mass is 110 g/mol. The Kier molecular flexibility index (Phi) is 0.837. The summed E-state index contributed by atoms with van der Waals surface area (Å²) < 4.78 is 33.9. The third-order valence-electron chi connectivity index (χ3n) is 1.16. The summed E-state index contributed by atoms with van der Waals surface area (Å²) in [6.07, 6.45) is 0.757. The van der Waals surface area contributed by atoms with Crippen LogP contribution in [0.4, 0.5) is 12.9 Å². The smallest absolute Gasteiger partial charge is 0.449 e. The van der Waals surface area contributed by atoms with Gasteiger partial charge in [0, 0.05) is 0 Å². The predicted molar refractivity (Wildman–Crippen MR) is 23.2 cm³/mol. The number of hydrogen-bond donors (Lipinski definition) is 0. The zero-order valence-corrected chi connectivity index (χ0v) is 3.70. The fourth-order valence-electron chi connectivity index (χ4n) is 0.474. The largest absolute Gasteiger partial charge is 1.00 e. The molecule has 7 heavy (non-hydrogen) atoms. The minimum Gasteiger partial charge on any atom is -0.449 e. The molecule has 1 rings (SSSR count). The van der Waals surface area contributed by atoms with Crippen LogP contribution in [-0.4, -0.2) is 6.98 Å². The lowest BCUT2D eigenvalue weighted by Crippen LogP contribution is -2.13. The second-order valence-corrected chi connectivity index (χ2v) is 1.96. The van der Waals surface area contributed by atoms with Crippen molar-refractivity contribution < 1.29 is 14.4 Å². The molecule has 0 aromatic carbocycles. The lowest BCUT2D eigenvalue weighted by molar-refractivity contribution is 0.465. The predicted octanol–water partition coefficient (Wildman–Crippen LogP) is 2.11. The molecule has 0 aliphatic heterocycles. The molecular formula is C3H6BF3. The Morgan fingerprint density at radius 2 is 1.71 bits per heavy atom. The first-order valence-corrected chi connectivity index (χ1v) is 2.30. The molecule has 1 saturated carbocycles. The summed E-state index contributed by atoms with van der Waals surface area (Å²) in [6.45, 7) is -4.44. The van der Waals surface area contributed by atoms with Crippen LogP contribution in [-0.2, 0) is 0 Å². The lowest BCUT2D eigenvalue weighted by atomic mass is 9.84. The normalized spacial score (nSPS) is 22.7. The Bertz CT molecular complexity index is 77.1. The molecule has 0 N–H and O–H groups in total. The van der Waals surface area contributed by atoms with Gasteiger partial charge >= 0.3 is 8.40 Å². The van der Waals surface area contributed by atoms with E-state index in [0.717, 1.165) is 0 Å². The zero-order valence-electron chi connectivity index (χ0n) is 4.70. The summed E-state index contributed by atoms with van der Waals surface area (Å²) in [7, 11) is 0. The molecule has 1 aliphatic rings. The number of hydrogen-bond acceptors (Lipinski definition) is 0. The molecule has 0 aromatic heterocycles. The van der Waals surface area contributed by atoms with Crippen molar-refractivity contribution in [2.24, 2.45) is 0 Å². The highest BCUT2D eigenvalue weighted by Crippen LogP contribution is 2.46. The van der Waals surface area contributed by atoms with E-state index in [1.54, 1.807) is 0 Å². The third kappa shape index (κ3) is 1.11. The SMILES string of the molecule is F[B-](F)(F)C1CC1.[H+]. The van der Waals surface area contributed by atoms with E-state index in [0.29, 0.717) is 12.8 Å². The Morgan fingerprint density at radius 3 is 1.71 bits per heavy atom. The minimum absolute atomic E-state index is 0. The number of rotatable bonds is 1. The van der Waals surface area contributed by atoms with Gasteiger partial charge in [-0.25, -0.2) is 0 Å². The van der Waals surface area contributed by atoms with Crippen LogP contribution in [0.15, 0.2) is 0 Å². The van der Waals surface area contributed by atoms with Gasteiger partial charge in [0.25, 0.3) is 0 Å². The highest BCUT2D eigenvalue weighted by molar-refractivity contribution is 6.61. The average molecular weight is 110 g/mol. The van der Waals surface area contributed by atoms with Crippen LogP contribution in [0.3, 0.4) is 0 Å². The first kappa shape index (κ1) is 5.00. The van der Waals surface area contributed by atoms with Crippen LogP contribution in [0.25, 0.3) is 0 Å². The van der Waals surface area contributed by atoms with Crippen LogP contribution in [0, 0.1) is 0 Å². The molecule has 0 heterocycles. The summed E-state index contributed by atoms with van der Waals surface area (Å²) in [5.41, 5.74) is 0. The average Bonchev–Trinajstić information content (AvgIpc) is 1.99. The Hall–Kier alpha value is -0.145. The maximum Gasteiger partial charge on any atom is 1.00 e. The van der Waals surface area contributed by atoms with E-state index in [9.17, 15) is 12.9 Å². The van der Waals surface area contributed by atoms with Gasteiger partial charge in [0.05, 0.1) is 0 Å². The second kappa shape index (κ2) is 1.17. The fourth-order valence-corrected chi connectivity index (χ4v) is 0.474. The fraction of sp³-hybridized carbons (Fsp3) is 1.00. The molecule has 0 saturated heterocycles. The van der Waals surface area contributed by atoms with E-state index in [1.165, 1.54) is 0 Å². The topological polar surface area (TPSA) is 0 Å². The van der Waals surface area contributed by atoms with Crippen molar-refractivity contribution in [1.82, 2.24) is 0 Å². The summed E-state index contributed by atoms with van der Waals surface area (Å²) in [5.74, 6) is -0.889. The molecule has 0 radical (unpaired) electrons. The Morgan fingerprint density at radius 1 is 1.29 bits per heavy atom. The molecule has 0 aromatic rings. The van der Waals surface area contributed by atoms with Crippen LogP contribution < -0.4 is 0 Å². The maximum atomic E-state index is 11.3. The van der Waals surface area contributed by atoms with Crippen molar-refractivity contribution in [3.63, 3.8) is 0 Å². The Labute approximate surface area is 41.3 Å². The van der Waals surface area contributed by atoms with E-state index >= 15 is 0 Å². The zero-order chi connectivity index (χ0) is 5.49. The lowest BCUT2D eigenvalue weighted by Gasteiger charge is -2.09. The van der Waals surface area contributed by atoms with Gasteiger partial charge in [-0.05, 0) is 0 Å². The maximum absolute atomic E-state index is 11.3. The van der Waals surface area contributed by atoms with Crippen LogP contribution in [0.1, 0.15) is 14.3 Å². The molecule has 0 unspecified atom stereocenters. The van der Waals surface area contributed by atoms with Gasteiger partial charge < -0.3 is 12.9 Å². The molecule has 0 nitrogen and oxygen atoms in total. The van der Waals surface area contributed by atoms with Gasteiger partial charge in [0.2, 0.25) is 0 Å². The van der Waals surface area contributed by atoms with Gasteiger partial charge in [-0.15, -0.1) is 0 Å². The van der Waals surface area contributed by atoms with Gasteiger partial charge in [-0.1, -0.05) is 18.7 Å². The van der Waals surface area contributed by atoms with Crippen LogP contribution in [0.2, 0.25) is 5.82 Å². The van der Waals surface area contributed by atoms with Crippen molar-refractivity contribution in [3.05, 3.63) is 0 Å². The van der Waals surface area contributed by atoms with Gasteiger partial charge in [-0.2, -0.15) is 0 Å². The van der Waals surface area contributed by atoms with Gasteiger partial charge in [-0.3, -0.25) is 0 Å². The van der Waals surface area contributed by atoms with Gasteiger partial charge in [0.15, 0.2) is 0 Å². The molecule has 0 amide bonds. The Balaban J connectivity index is 0.000000490. The summed E-state index contributed by atoms with van der Waals surface area (Å²) in [5, 5.41) is 0. The van der Waals surface area contributed by atoms with E-state index in [-0.39, 0.29) is 1.43 Å². The van der Waals surface area contributed by atoms with Crippen molar-refractivity contribution in [3.8, 4) is 0 Å². The second-order valence-electron chi connectivity index (χ2n) is 1.96. The van der Waals surface area contributed by atoms with E-state index in [4.69, 9.17) is 0 Å². The van der Waals surface area contributed by atoms with Gasteiger partial charge in [0.1, 0.15) is 0 Å². The quantitative estimate of drug-likeness (QED) is 0.453. The molecular weight excluding hydrogens is 104 g/mol. The molecule has 0 bridgehead atoms. The molecule has 1 aliphatic carbocycles. The molecule has 42 valence electrons. The summed E-state index contributed by atoms with van der Waals surface area (Å²) >= 11 is 0. The van der Waals surface area contributed by atoms with E-state index in [2.05, 4.69) is 0 Å². The molecule has 0 spiro atoms. The van der Waals surface area contributed by atoms with Crippen LogP contribution in [0.5, 0.6) is 0 Å². The van der Waals surface area contributed by atoms with Crippen molar-refractivity contribution in [1.29, 1.82) is 0 Å². The molecule has 1 fully saturated rings.